The number of aryl methyl sites for hydroxylation is 2. The van der Waals surface area contributed by atoms with Gasteiger partial charge in [-0.2, -0.15) is 12.8 Å². The molecule has 0 fully saturated rings. The van der Waals surface area contributed by atoms with Gasteiger partial charge in [-0.3, -0.25) is 0 Å². The van der Waals surface area contributed by atoms with Crippen LogP contribution in [0.2, 0.25) is 0 Å². The van der Waals surface area contributed by atoms with Gasteiger partial charge in [0.2, 0.25) is 11.4 Å². The van der Waals surface area contributed by atoms with E-state index in [9.17, 15) is 5.53 Å². The molecule has 0 N–H and O–H groups in total. The SMILES string of the molecule is CCCCCCCCCCCCCCCCCCCCCC=CCCc1ccccc1C1=C(CCCC)C(CCCCCCCC)=C(c2ccccc2CCC=CCCCCCCCCCCCCCCCCCCCCC)[N+]1=[N-].[CH2-]CCCCCCCCCCCCCCCCCCCCCCC.[CH2-]CCCCCCCCCCCCCCCCCCCCCCC.[Ni+2]. The van der Waals surface area contributed by atoms with E-state index in [1.165, 1.54) is 598 Å². The minimum atomic E-state index is 0. The number of hydrogen-bond acceptors (Lipinski definition) is 0. The molecule has 0 unspecified atom stereocenters. The summed E-state index contributed by atoms with van der Waals surface area (Å²) in [5.74, 6) is 0. The van der Waals surface area contributed by atoms with Gasteiger partial charge in [-0.05, 0) is 100 Å². The monoisotopic (exact) mass is 1830 g/mol. The molecule has 0 amide bonds. The molecular formula is C126H230N2Ni. The second-order valence-electron chi connectivity index (χ2n) is 41.1. The maximum Gasteiger partial charge on any atom is 2.00 e. The van der Waals surface area contributed by atoms with Crippen LogP contribution in [-0.2, 0) is 29.3 Å². The first kappa shape index (κ1) is 126. The van der Waals surface area contributed by atoms with Crippen molar-refractivity contribution in [2.75, 3.05) is 0 Å². The summed E-state index contributed by atoms with van der Waals surface area (Å²) in [6.07, 6.45) is 146. The van der Waals surface area contributed by atoms with E-state index in [4.69, 9.17) is 0 Å². The fourth-order valence-corrected chi connectivity index (χ4v) is 20.0. The summed E-state index contributed by atoms with van der Waals surface area (Å²) in [5.41, 5.74) is 22.8. The third-order valence-corrected chi connectivity index (χ3v) is 28.6. The third kappa shape index (κ3) is 83.4. The zero-order chi connectivity index (χ0) is 92.0. The van der Waals surface area contributed by atoms with Crippen molar-refractivity contribution in [3.63, 3.8) is 0 Å². The molecule has 754 valence electrons. The van der Waals surface area contributed by atoms with Gasteiger partial charge in [-0.15, -0.1) is 0 Å². The Morgan fingerprint density at radius 1 is 0.194 bits per heavy atom. The quantitative estimate of drug-likeness (QED) is 0.0207. The number of rotatable bonds is 100. The predicted molar refractivity (Wildman–Crippen MR) is 584 cm³/mol. The van der Waals surface area contributed by atoms with E-state index in [-0.39, 0.29) is 16.5 Å². The first-order valence-corrected chi connectivity index (χ1v) is 59.5. The molecule has 0 atom stereocenters. The summed E-state index contributed by atoms with van der Waals surface area (Å²) in [5, 5.41) is 0. The number of hydrogen-bond donors (Lipinski definition) is 0. The van der Waals surface area contributed by atoms with Gasteiger partial charge < -0.3 is 19.4 Å². The van der Waals surface area contributed by atoms with E-state index >= 15 is 0 Å². The topological polar surface area (TPSA) is 25.3 Å². The molecule has 1 heterocycles. The van der Waals surface area contributed by atoms with Crippen LogP contribution in [-0.4, -0.2) is 4.70 Å². The summed E-state index contributed by atoms with van der Waals surface area (Å²) in [4.78, 5) is 0. The standard InChI is InChI=1S/C78H132N2.2C24H49.Ni/c1-5-9-13-16-19-21-23-25-27-29-31-33-35-37-39-41-43-45-47-49-51-53-56-63-71-65-59-61-68-73(71)77-75(67-12-8-4)76(70-58-55-18-15-11-7-3)78(80(77)79)74-69-62-60-66-72(74)64-57-54-52-50-48-46-44-42-40-38-36-34-32-30-28-26-24-22-20-17-14-10-6-2;2*1-3-5-7-9-11-13-15-17-19-21-23-24-22-20-18-16-14-12-10-8-6-4-2;/h51-54,59-62,65-66,68-69H,5-50,55-58,63-64,67,70H2,1-4H3;2*1,3-24H2,2H3;/q;2*-1;+2. The van der Waals surface area contributed by atoms with Crippen LogP contribution in [0.25, 0.3) is 16.9 Å². The van der Waals surface area contributed by atoms with Gasteiger partial charge in [0.05, 0.1) is 0 Å². The predicted octanol–water partition coefficient (Wildman–Crippen LogP) is 46.3. The van der Waals surface area contributed by atoms with E-state index in [1.54, 1.807) is 4.70 Å². The molecule has 2 aromatic rings. The number of unbranched alkanes of at least 4 members (excludes halogenated alkanes) is 86. The van der Waals surface area contributed by atoms with Crippen LogP contribution in [0, 0.1) is 13.8 Å². The van der Waals surface area contributed by atoms with Gasteiger partial charge in [-0.25, -0.2) is 4.70 Å². The first-order valence-electron chi connectivity index (χ1n) is 59.5. The van der Waals surface area contributed by atoms with Gasteiger partial charge in [0, 0.05) is 22.3 Å². The van der Waals surface area contributed by atoms with Crippen LogP contribution in [0.15, 0.2) is 84.0 Å². The van der Waals surface area contributed by atoms with E-state index in [0.29, 0.717) is 0 Å². The molecule has 2 aromatic carbocycles. The van der Waals surface area contributed by atoms with Crippen LogP contribution in [0.3, 0.4) is 0 Å². The Labute approximate surface area is 823 Å². The van der Waals surface area contributed by atoms with E-state index in [0.717, 1.165) is 75.6 Å². The summed E-state index contributed by atoms with van der Waals surface area (Å²) >= 11 is 0. The van der Waals surface area contributed by atoms with Crippen LogP contribution >= 0.6 is 0 Å². The minimum Gasteiger partial charge on any atom is -0.493 e. The molecule has 0 bridgehead atoms. The van der Waals surface area contributed by atoms with Crippen molar-refractivity contribution in [3.8, 4) is 0 Å². The Hall–Kier alpha value is -2.51. The molecule has 0 aromatic heterocycles. The number of nitrogens with zero attached hydrogens (tertiary/aromatic N) is 2. The summed E-state index contributed by atoms with van der Waals surface area (Å²) < 4.78 is 1.67. The van der Waals surface area contributed by atoms with Gasteiger partial charge in [-0.1, -0.05) is 642 Å². The van der Waals surface area contributed by atoms with E-state index < -0.39 is 0 Å². The summed E-state index contributed by atoms with van der Waals surface area (Å²) in [7, 11) is 0. The second kappa shape index (κ2) is 108. The molecule has 0 radical (unpaired) electrons. The molecule has 3 rings (SSSR count). The van der Waals surface area contributed by atoms with Crippen molar-refractivity contribution in [1.82, 2.24) is 0 Å². The van der Waals surface area contributed by atoms with Crippen LogP contribution in [0.5, 0.6) is 0 Å². The largest absolute Gasteiger partial charge is 2.00 e. The van der Waals surface area contributed by atoms with Crippen molar-refractivity contribution in [2.45, 2.75) is 671 Å². The Bertz CT molecular complexity index is 2560. The van der Waals surface area contributed by atoms with Crippen molar-refractivity contribution in [1.29, 1.82) is 0 Å². The maximum atomic E-state index is 12.7. The Morgan fingerprint density at radius 2 is 0.357 bits per heavy atom. The van der Waals surface area contributed by atoms with E-state index in [2.05, 4.69) is 128 Å². The van der Waals surface area contributed by atoms with Crippen molar-refractivity contribution < 1.29 is 21.2 Å². The zero-order valence-corrected chi connectivity index (χ0v) is 89.8. The molecule has 0 saturated carbocycles. The molecular weight excluding hydrogens is 1600 g/mol. The Kier molecular flexibility index (Phi) is 105. The third-order valence-electron chi connectivity index (χ3n) is 28.6. The molecule has 0 saturated heterocycles. The fourth-order valence-electron chi connectivity index (χ4n) is 20.0. The number of allylic oxidation sites excluding steroid dienone is 6. The molecule has 1 aliphatic rings. The second-order valence-corrected chi connectivity index (χ2v) is 41.1. The molecule has 3 heteroatoms. The molecule has 0 aliphatic carbocycles. The average molecular weight is 1830 g/mol. The maximum absolute atomic E-state index is 12.7. The van der Waals surface area contributed by atoms with Gasteiger partial charge >= 0.3 is 16.5 Å². The molecule has 1 aliphatic heterocycles. The molecule has 0 spiro atoms. The van der Waals surface area contributed by atoms with Crippen LogP contribution < -0.4 is 0 Å². The van der Waals surface area contributed by atoms with Gasteiger partial charge in [0.15, 0.2) is 0 Å². The Morgan fingerprint density at radius 3 is 0.558 bits per heavy atom. The minimum absolute atomic E-state index is 0. The zero-order valence-electron chi connectivity index (χ0n) is 88.8. The first-order chi connectivity index (χ1) is 63.5. The average Bonchev–Trinajstić information content (AvgIpc) is 1.60. The smallest absolute Gasteiger partial charge is 0.493 e. The molecule has 2 nitrogen and oxygen atoms in total. The Balaban J connectivity index is 0.00000270. The number of benzene rings is 2. The van der Waals surface area contributed by atoms with Crippen molar-refractivity contribution in [3.05, 3.63) is 126 Å². The normalized spacial score (nSPS) is 12.3. The fraction of sp³-hybridized carbons (Fsp3) is 0.825. The molecule has 129 heavy (non-hydrogen) atoms. The van der Waals surface area contributed by atoms with Crippen LogP contribution in [0.4, 0.5) is 0 Å². The van der Waals surface area contributed by atoms with E-state index in [1.807, 2.05) is 0 Å². The van der Waals surface area contributed by atoms with Crippen molar-refractivity contribution >= 4 is 11.4 Å². The summed E-state index contributed by atoms with van der Waals surface area (Å²) in [6.45, 7) is 21.7. The van der Waals surface area contributed by atoms with Crippen LogP contribution in [0.1, 0.15) is 680 Å². The van der Waals surface area contributed by atoms with Crippen molar-refractivity contribution in [2.24, 2.45) is 0 Å². The summed E-state index contributed by atoms with van der Waals surface area (Å²) in [6, 6.07) is 18.1. The van der Waals surface area contributed by atoms with Gasteiger partial charge in [0.1, 0.15) is 0 Å². The van der Waals surface area contributed by atoms with Gasteiger partial charge in [0.25, 0.3) is 0 Å².